The van der Waals surface area contributed by atoms with Gasteiger partial charge < -0.3 is 10.2 Å². The normalized spacial score (nSPS) is 16.3. The number of benzene rings is 2. The molecule has 1 fully saturated rings. The number of thiazole rings is 1. The van der Waals surface area contributed by atoms with Gasteiger partial charge in [0.15, 0.2) is 5.13 Å². The van der Waals surface area contributed by atoms with Crippen LogP contribution in [0.1, 0.15) is 28.8 Å². The molecule has 0 aliphatic carbocycles. The Balaban J connectivity index is 1.39. The molecule has 1 aliphatic rings. The van der Waals surface area contributed by atoms with Crippen LogP contribution < -0.4 is 5.32 Å². The van der Waals surface area contributed by atoms with Crippen LogP contribution in [0, 0.1) is 18.7 Å². The van der Waals surface area contributed by atoms with Gasteiger partial charge in [0.05, 0.1) is 11.6 Å². The van der Waals surface area contributed by atoms with E-state index in [-0.39, 0.29) is 23.5 Å². The molecule has 0 saturated carbocycles. The summed E-state index contributed by atoms with van der Waals surface area (Å²) in [6.07, 6.45) is 1.52. The van der Waals surface area contributed by atoms with Gasteiger partial charge in [0.25, 0.3) is 5.91 Å². The Morgan fingerprint density at radius 2 is 1.87 bits per heavy atom. The molecule has 0 bridgehead atoms. The van der Waals surface area contributed by atoms with Crippen molar-refractivity contribution in [3.8, 4) is 11.3 Å². The van der Waals surface area contributed by atoms with Gasteiger partial charge in [-0.2, -0.15) is 0 Å². The van der Waals surface area contributed by atoms with Gasteiger partial charge in [-0.05, 0) is 56.2 Å². The Labute approximate surface area is 178 Å². The lowest BCUT2D eigenvalue weighted by Gasteiger charge is -2.32. The van der Waals surface area contributed by atoms with Crippen molar-refractivity contribution in [2.75, 3.05) is 18.4 Å². The second-order valence-electron chi connectivity index (χ2n) is 7.49. The minimum Gasteiger partial charge on any atom is -0.338 e. The van der Waals surface area contributed by atoms with Gasteiger partial charge in [0.2, 0.25) is 5.91 Å². The molecule has 3 aromatic rings. The Hall–Kier alpha value is -3.06. The van der Waals surface area contributed by atoms with Crippen molar-refractivity contribution in [1.82, 2.24) is 9.88 Å². The number of anilines is 1. The average molecular weight is 424 g/mol. The molecule has 0 radical (unpaired) electrons. The average Bonchev–Trinajstić information content (AvgIpc) is 3.23. The van der Waals surface area contributed by atoms with E-state index in [1.807, 2.05) is 36.6 Å². The Morgan fingerprint density at radius 3 is 2.60 bits per heavy atom. The third kappa shape index (κ3) is 4.57. The molecule has 2 amide bonds. The third-order valence-corrected chi connectivity index (χ3v) is 6.01. The van der Waals surface area contributed by atoms with E-state index in [1.54, 1.807) is 17.0 Å². The highest BCUT2D eigenvalue weighted by Gasteiger charge is 2.29. The van der Waals surface area contributed by atoms with Crippen LogP contribution in [0.3, 0.4) is 0 Å². The first-order valence-corrected chi connectivity index (χ1v) is 10.8. The van der Waals surface area contributed by atoms with Crippen LogP contribution in [-0.2, 0) is 4.79 Å². The van der Waals surface area contributed by atoms with E-state index in [4.69, 9.17) is 0 Å². The summed E-state index contributed by atoms with van der Waals surface area (Å²) >= 11 is 1.33. The second kappa shape index (κ2) is 8.75. The highest BCUT2D eigenvalue weighted by atomic mass is 32.1. The monoisotopic (exact) mass is 423 g/mol. The van der Waals surface area contributed by atoms with E-state index in [9.17, 15) is 14.0 Å². The standard InChI is InChI=1S/C23H22FN3O2S/c1-15-4-6-17(7-5-15)22(29)27-12-2-3-18(13-27)21(28)26-23-25-20(14-30-23)16-8-10-19(24)11-9-16/h4-11,14,18H,2-3,12-13H2,1H3,(H,25,26,28). The lowest BCUT2D eigenvalue weighted by molar-refractivity contribution is -0.121. The number of likely N-dealkylation sites (tertiary alicyclic amines) is 1. The van der Waals surface area contributed by atoms with Crippen molar-refractivity contribution < 1.29 is 14.0 Å². The summed E-state index contributed by atoms with van der Waals surface area (Å²) in [4.78, 5) is 31.7. The van der Waals surface area contributed by atoms with Gasteiger partial charge in [-0.3, -0.25) is 9.59 Å². The molecule has 1 N–H and O–H groups in total. The lowest BCUT2D eigenvalue weighted by Crippen LogP contribution is -2.43. The summed E-state index contributed by atoms with van der Waals surface area (Å²) in [5, 5.41) is 5.21. The number of carbonyl (C=O) groups is 2. The van der Waals surface area contributed by atoms with E-state index in [0.717, 1.165) is 24.0 Å². The summed E-state index contributed by atoms with van der Waals surface area (Å²) in [5.41, 5.74) is 3.23. The fraction of sp³-hybridized carbons (Fsp3) is 0.261. The van der Waals surface area contributed by atoms with E-state index in [2.05, 4.69) is 10.3 Å². The smallest absolute Gasteiger partial charge is 0.253 e. The maximum absolute atomic E-state index is 13.1. The van der Waals surface area contributed by atoms with Crippen molar-refractivity contribution in [3.05, 3.63) is 70.9 Å². The predicted molar refractivity (Wildman–Crippen MR) is 116 cm³/mol. The third-order valence-electron chi connectivity index (χ3n) is 5.25. The minimum absolute atomic E-state index is 0.0413. The molecule has 1 aromatic heterocycles. The summed E-state index contributed by atoms with van der Waals surface area (Å²) in [5.74, 6) is -0.743. The van der Waals surface area contributed by atoms with Crippen molar-refractivity contribution in [2.24, 2.45) is 5.92 Å². The van der Waals surface area contributed by atoms with Gasteiger partial charge in [-0.25, -0.2) is 9.37 Å². The van der Waals surface area contributed by atoms with Crippen molar-refractivity contribution in [2.45, 2.75) is 19.8 Å². The number of amides is 2. The highest BCUT2D eigenvalue weighted by molar-refractivity contribution is 7.14. The van der Waals surface area contributed by atoms with E-state index in [1.165, 1.54) is 23.5 Å². The molecule has 0 spiro atoms. The summed E-state index contributed by atoms with van der Waals surface area (Å²) in [7, 11) is 0. The lowest BCUT2D eigenvalue weighted by atomic mass is 9.96. The Morgan fingerprint density at radius 1 is 1.13 bits per heavy atom. The number of halogens is 1. The number of rotatable bonds is 4. The fourth-order valence-corrected chi connectivity index (χ4v) is 4.27. The number of aromatic nitrogens is 1. The summed E-state index contributed by atoms with van der Waals surface area (Å²) in [6, 6.07) is 13.6. The van der Waals surface area contributed by atoms with Crippen molar-refractivity contribution >= 4 is 28.3 Å². The molecule has 1 atom stereocenters. The molecule has 2 heterocycles. The SMILES string of the molecule is Cc1ccc(C(=O)N2CCCC(C(=O)Nc3nc(-c4ccc(F)cc4)cs3)C2)cc1. The van der Waals surface area contributed by atoms with E-state index >= 15 is 0 Å². The first-order valence-electron chi connectivity index (χ1n) is 9.88. The maximum atomic E-state index is 13.1. The maximum Gasteiger partial charge on any atom is 0.253 e. The zero-order valence-electron chi connectivity index (χ0n) is 16.6. The molecule has 30 heavy (non-hydrogen) atoms. The van der Waals surface area contributed by atoms with Gasteiger partial charge in [-0.1, -0.05) is 17.7 Å². The van der Waals surface area contributed by atoms with Gasteiger partial charge in [-0.15, -0.1) is 11.3 Å². The number of nitrogens with zero attached hydrogens (tertiary/aromatic N) is 2. The number of carbonyl (C=O) groups excluding carboxylic acids is 2. The predicted octanol–water partition coefficient (Wildman–Crippen LogP) is 4.75. The van der Waals surface area contributed by atoms with Crippen LogP contribution in [0.25, 0.3) is 11.3 Å². The molecule has 1 unspecified atom stereocenters. The van der Waals surface area contributed by atoms with Gasteiger partial charge in [0.1, 0.15) is 5.82 Å². The number of hydrogen-bond donors (Lipinski definition) is 1. The van der Waals surface area contributed by atoms with Gasteiger partial charge in [0, 0.05) is 29.6 Å². The van der Waals surface area contributed by atoms with E-state index in [0.29, 0.717) is 29.5 Å². The van der Waals surface area contributed by atoms with Crippen LogP contribution in [0.2, 0.25) is 0 Å². The number of hydrogen-bond acceptors (Lipinski definition) is 4. The molecule has 1 saturated heterocycles. The van der Waals surface area contributed by atoms with Crippen LogP contribution in [-0.4, -0.2) is 34.8 Å². The summed E-state index contributed by atoms with van der Waals surface area (Å²) < 4.78 is 13.1. The number of piperidine rings is 1. The zero-order valence-corrected chi connectivity index (χ0v) is 17.4. The van der Waals surface area contributed by atoms with E-state index < -0.39 is 0 Å². The molecule has 1 aliphatic heterocycles. The second-order valence-corrected chi connectivity index (χ2v) is 8.35. The first kappa shape index (κ1) is 20.2. The molecule has 154 valence electrons. The molecule has 7 heteroatoms. The molecular weight excluding hydrogens is 401 g/mol. The first-order chi connectivity index (χ1) is 14.5. The Kier molecular flexibility index (Phi) is 5.90. The summed E-state index contributed by atoms with van der Waals surface area (Å²) in [6.45, 7) is 3.03. The fourth-order valence-electron chi connectivity index (χ4n) is 3.55. The van der Waals surface area contributed by atoms with Gasteiger partial charge >= 0.3 is 0 Å². The quantitative estimate of drug-likeness (QED) is 0.659. The molecule has 2 aromatic carbocycles. The largest absolute Gasteiger partial charge is 0.338 e. The highest BCUT2D eigenvalue weighted by Crippen LogP contribution is 2.26. The van der Waals surface area contributed by atoms with Crippen LogP contribution >= 0.6 is 11.3 Å². The number of nitrogens with one attached hydrogen (secondary N) is 1. The van der Waals surface area contributed by atoms with Crippen molar-refractivity contribution in [3.63, 3.8) is 0 Å². The molecule has 4 rings (SSSR count). The number of aryl methyl sites for hydroxylation is 1. The molecule has 5 nitrogen and oxygen atoms in total. The van der Waals surface area contributed by atoms with Crippen LogP contribution in [0.4, 0.5) is 9.52 Å². The van der Waals surface area contributed by atoms with Crippen LogP contribution in [0.5, 0.6) is 0 Å². The minimum atomic E-state index is -0.301. The molecular formula is C23H22FN3O2S. The van der Waals surface area contributed by atoms with Crippen LogP contribution in [0.15, 0.2) is 53.9 Å². The zero-order chi connectivity index (χ0) is 21.1. The Bertz CT molecular complexity index is 1050. The van der Waals surface area contributed by atoms with Crippen molar-refractivity contribution in [1.29, 1.82) is 0 Å². The topological polar surface area (TPSA) is 62.3 Å².